The molecule has 3 rings (SSSR count). The smallest absolute Gasteiger partial charge is 0.331 e. The van der Waals surface area contributed by atoms with Crippen molar-refractivity contribution < 1.29 is 19.1 Å². The molecule has 0 radical (unpaired) electrons. The Morgan fingerprint density at radius 2 is 1.97 bits per heavy atom. The van der Waals surface area contributed by atoms with Gasteiger partial charge in [-0.25, -0.2) is 4.79 Å². The summed E-state index contributed by atoms with van der Waals surface area (Å²) in [5.41, 5.74) is 3.54. The minimum atomic E-state index is -0.546. The summed E-state index contributed by atoms with van der Waals surface area (Å²) in [7, 11) is 1.39. The third-order valence-electron chi connectivity index (χ3n) is 4.72. The molecule has 0 saturated carbocycles. The van der Waals surface area contributed by atoms with Crippen molar-refractivity contribution in [1.29, 1.82) is 0 Å². The van der Waals surface area contributed by atoms with Gasteiger partial charge in [0.25, 0.3) is 0 Å². The molecule has 0 saturated heterocycles. The molecule has 0 atom stereocenters. The number of hydrogen-bond acceptors (Lipinski definition) is 5. The third-order valence-corrected chi connectivity index (χ3v) is 4.72. The summed E-state index contributed by atoms with van der Waals surface area (Å²) in [5.74, 6) is -0.639. The molecule has 0 spiro atoms. The summed E-state index contributed by atoms with van der Waals surface area (Å²) in [4.78, 5) is 28.1. The third kappa shape index (κ3) is 6.04. The fourth-order valence-corrected chi connectivity index (χ4v) is 3.46. The molecule has 0 aliphatic carbocycles. The number of carbonyl (C=O) groups is 2. The number of carbonyl (C=O) groups excluding carboxylic acids is 2. The first-order valence-electron chi connectivity index (χ1n) is 10.2. The first-order valence-corrected chi connectivity index (χ1v) is 10.2. The lowest BCUT2D eigenvalue weighted by Crippen LogP contribution is -2.22. The second kappa shape index (κ2) is 9.60. The van der Waals surface area contributed by atoms with Gasteiger partial charge in [0.2, 0.25) is 0 Å². The maximum atomic E-state index is 12.2. The quantitative estimate of drug-likeness (QED) is 0.414. The zero-order chi connectivity index (χ0) is 22.4. The summed E-state index contributed by atoms with van der Waals surface area (Å²) >= 11 is 0. The molecule has 6 nitrogen and oxygen atoms in total. The van der Waals surface area contributed by atoms with Crippen LogP contribution in [0.5, 0.6) is 0 Å². The lowest BCUT2D eigenvalue weighted by molar-refractivity contribution is -0.148. The summed E-state index contributed by atoms with van der Waals surface area (Å²) in [6.45, 7) is 6.03. The van der Waals surface area contributed by atoms with Crippen molar-refractivity contribution >= 4 is 28.9 Å². The van der Waals surface area contributed by atoms with E-state index >= 15 is 0 Å². The summed E-state index contributed by atoms with van der Waals surface area (Å²) in [6.07, 6.45) is 9.87. The predicted molar refractivity (Wildman–Crippen MR) is 120 cm³/mol. The lowest BCUT2D eigenvalue weighted by atomic mass is 10.0. The second-order valence-electron chi connectivity index (χ2n) is 8.32. The fourth-order valence-electron chi connectivity index (χ4n) is 3.46. The van der Waals surface area contributed by atoms with Crippen LogP contribution in [0.1, 0.15) is 43.9 Å². The van der Waals surface area contributed by atoms with Crippen LogP contribution in [0, 0.1) is 0 Å². The fraction of sp³-hybridized carbons (Fsp3) is 0.320. The minimum Gasteiger partial charge on any atom is -0.469 e. The average molecular weight is 421 g/mol. The summed E-state index contributed by atoms with van der Waals surface area (Å²) in [6, 6.07) is 9.88. The molecule has 0 fully saturated rings. The van der Waals surface area contributed by atoms with E-state index in [1.54, 1.807) is 12.3 Å². The van der Waals surface area contributed by atoms with Gasteiger partial charge in [0, 0.05) is 48.5 Å². The molecule has 0 bridgehead atoms. The van der Waals surface area contributed by atoms with Crippen molar-refractivity contribution in [2.45, 2.75) is 45.8 Å². The van der Waals surface area contributed by atoms with Crippen LogP contribution in [0.3, 0.4) is 0 Å². The van der Waals surface area contributed by atoms with Crippen molar-refractivity contribution in [2.24, 2.45) is 0 Å². The number of pyridine rings is 1. The largest absolute Gasteiger partial charge is 0.469 e. The van der Waals surface area contributed by atoms with Gasteiger partial charge in [0.1, 0.15) is 5.60 Å². The van der Waals surface area contributed by atoms with Gasteiger partial charge in [0.05, 0.1) is 13.5 Å². The Bertz CT molecular complexity index is 1090. The number of methoxy groups -OCH3 is 1. The highest BCUT2D eigenvalue weighted by molar-refractivity contribution is 5.96. The molecule has 0 aliphatic heterocycles. The van der Waals surface area contributed by atoms with Crippen molar-refractivity contribution in [3.05, 3.63) is 71.7 Å². The van der Waals surface area contributed by atoms with Crippen LogP contribution in [0.25, 0.3) is 17.0 Å². The number of aryl methyl sites for hydroxylation is 1. The topological polar surface area (TPSA) is 70.4 Å². The molecule has 0 N–H and O–H groups in total. The zero-order valence-corrected chi connectivity index (χ0v) is 18.4. The molecule has 162 valence electrons. The summed E-state index contributed by atoms with van der Waals surface area (Å²) in [5, 5.41) is 1.04. The molecular weight excluding hydrogens is 392 g/mol. The van der Waals surface area contributed by atoms with Crippen molar-refractivity contribution in [3.8, 4) is 0 Å². The van der Waals surface area contributed by atoms with E-state index in [4.69, 9.17) is 9.47 Å². The highest BCUT2D eigenvalue weighted by Gasteiger charge is 2.16. The Labute approximate surface area is 182 Å². The number of ether oxygens (including phenoxy) is 2. The number of nitrogens with zero attached hydrogens (tertiary/aromatic N) is 2. The second-order valence-corrected chi connectivity index (χ2v) is 8.32. The minimum absolute atomic E-state index is 0.253. The maximum absolute atomic E-state index is 12.2. The number of rotatable bonds is 7. The van der Waals surface area contributed by atoms with Crippen LogP contribution in [0.15, 0.2) is 55.0 Å². The van der Waals surface area contributed by atoms with E-state index < -0.39 is 5.60 Å². The highest BCUT2D eigenvalue weighted by Crippen LogP contribution is 2.28. The van der Waals surface area contributed by atoms with Crippen LogP contribution in [-0.4, -0.2) is 34.2 Å². The SMILES string of the molecule is COC(=O)CCn1cc(Cc2cccnc2)c2c(/C=C/C(=O)OC(C)(C)C)cccc21. The Balaban J connectivity index is 2.00. The average Bonchev–Trinajstić information content (AvgIpc) is 3.08. The molecule has 0 unspecified atom stereocenters. The van der Waals surface area contributed by atoms with Crippen molar-refractivity contribution in [2.75, 3.05) is 7.11 Å². The number of fused-ring (bicyclic) bond motifs is 1. The molecule has 0 amide bonds. The molecule has 1 aromatic carbocycles. The van der Waals surface area contributed by atoms with Crippen LogP contribution >= 0.6 is 0 Å². The van der Waals surface area contributed by atoms with E-state index in [0.717, 1.165) is 27.6 Å². The monoisotopic (exact) mass is 420 g/mol. The first-order chi connectivity index (χ1) is 14.8. The Morgan fingerprint density at radius 3 is 2.65 bits per heavy atom. The molecular formula is C25H28N2O4. The molecule has 2 heterocycles. The molecule has 31 heavy (non-hydrogen) atoms. The van der Waals surface area contributed by atoms with Gasteiger partial charge in [-0.3, -0.25) is 9.78 Å². The van der Waals surface area contributed by atoms with Crippen LogP contribution in [0.4, 0.5) is 0 Å². The molecule has 2 aromatic heterocycles. The van der Waals surface area contributed by atoms with E-state index in [2.05, 4.69) is 15.7 Å². The van der Waals surface area contributed by atoms with Crippen molar-refractivity contribution in [1.82, 2.24) is 9.55 Å². The van der Waals surface area contributed by atoms with E-state index in [9.17, 15) is 9.59 Å². The van der Waals surface area contributed by atoms with Crippen LogP contribution in [-0.2, 0) is 32.0 Å². The van der Waals surface area contributed by atoms with Crippen molar-refractivity contribution in [3.63, 3.8) is 0 Å². The Morgan fingerprint density at radius 1 is 1.16 bits per heavy atom. The number of hydrogen-bond donors (Lipinski definition) is 0. The van der Waals surface area contributed by atoms with E-state index in [1.165, 1.54) is 13.2 Å². The standard InChI is InChI=1S/C25H28N2O4/c1-25(2,3)31-23(29)11-10-19-8-5-9-21-24(19)20(15-18-7-6-13-26-16-18)17-27(21)14-12-22(28)30-4/h5-11,13,16-17H,12,14-15H2,1-4H3/b11-10+. The van der Waals surface area contributed by atoms with Crippen LogP contribution < -0.4 is 0 Å². The Kier molecular flexibility index (Phi) is 6.90. The predicted octanol–water partition coefficient (Wildman–Crippen LogP) is 4.55. The number of esters is 2. The first kappa shape index (κ1) is 22.3. The van der Waals surface area contributed by atoms with Gasteiger partial charge < -0.3 is 14.0 Å². The number of benzene rings is 1. The van der Waals surface area contributed by atoms with Gasteiger partial charge in [-0.1, -0.05) is 18.2 Å². The van der Waals surface area contributed by atoms with Gasteiger partial charge in [-0.15, -0.1) is 0 Å². The lowest BCUT2D eigenvalue weighted by Gasteiger charge is -2.17. The van der Waals surface area contributed by atoms with E-state index in [0.29, 0.717) is 13.0 Å². The Hall–Kier alpha value is -3.41. The van der Waals surface area contributed by atoms with E-state index in [-0.39, 0.29) is 18.4 Å². The molecule has 3 aromatic rings. The van der Waals surface area contributed by atoms with Gasteiger partial charge in [-0.05, 0) is 55.7 Å². The van der Waals surface area contributed by atoms with Gasteiger partial charge >= 0.3 is 11.9 Å². The normalized spacial score (nSPS) is 11.7. The summed E-state index contributed by atoms with van der Waals surface area (Å²) < 4.78 is 12.2. The number of aromatic nitrogens is 2. The van der Waals surface area contributed by atoms with Crippen LogP contribution in [0.2, 0.25) is 0 Å². The van der Waals surface area contributed by atoms with E-state index in [1.807, 2.05) is 57.3 Å². The highest BCUT2D eigenvalue weighted by atomic mass is 16.6. The maximum Gasteiger partial charge on any atom is 0.331 e. The van der Waals surface area contributed by atoms with Gasteiger partial charge in [0.15, 0.2) is 0 Å². The van der Waals surface area contributed by atoms with Gasteiger partial charge in [-0.2, -0.15) is 0 Å². The zero-order valence-electron chi connectivity index (χ0n) is 18.4. The molecule has 0 aliphatic rings. The molecule has 6 heteroatoms.